The van der Waals surface area contributed by atoms with E-state index in [1.165, 1.54) is 0 Å². The van der Waals surface area contributed by atoms with Crippen LogP contribution in [0, 0.1) is 20.8 Å². The first-order chi connectivity index (χ1) is 16.0. The van der Waals surface area contributed by atoms with Crippen molar-refractivity contribution in [2.24, 2.45) is 0 Å². The average molecular weight is 449 g/mol. The van der Waals surface area contributed by atoms with Crippen molar-refractivity contribution in [2.75, 3.05) is 56.1 Å². The number of rotatable bonds is 4. The fraction of sp³-hybridized carbons (Fsp3) is 0.542. The number of piperidine rings is 1. The van der Waals surface area contributed by atoms with Crippen LogP contribution in [0.2, 0.25) is 0 Å². The van der Waals surface area contributed by atoms with Crippen molar-refractivity contribution in [1.29, 1.82) is 0 Å². The van der Waals surface area contributed by atoms with Crippen molar-refractivity contribution in [3.05, 3.63) is 41.1 Å². The molecule has 0 N–H and O–H groups in total. The highest BCUT2D eigenvalue weighted by molar-refractivity contribution is 5.62. The van der Waals surface area contributed by atoms with Gasteiger partial charge in [-0.25, -0.2) is 19.9 Å². The van der Waals surface area contributed by atoms with Crippen molar-refractivity contribution < 1.29 is 4.52 Å². The van der Waals surface area contributed by atoms with E-state index >= 15 is 0 Å². The minimum Gasteiger partial charge on any atom is -0.356 e. The number of anilines is 2. The van der Waals surface area contributed by atoms with Crippen molar-refractivity contribution in [3.63, 3.8) is 0 Å². The number of piperazine rings is 1. The summed E-state index contributed by atoms with van der Waals surface area (Å²) in [6.45, 7) is 11.7. The summed E-state index contributed by atoms with van der Waals surface area (Å²) >= 11 is 0. The molecule has 2 aliphatic rings. The standard InChI is InChI=1S/C24H32N8O/c1-16-12-17(2)27-24(26-16)32-7-5-6-19(15-32)22-20(21-13-18(3)29-33-21)14-25-23(28-22)31-10-8-30(4)9-11-31/h12-14,19H,5-11,15H2,1-4H3. The van der Waals surface area contributed by atoms with Gasteiger partial charge in [0, 0.05) is 68.8 Å². The van der Waals surface area contributed by atoms with E-state index in [2.05, 4.69) is 26.9 Å². The highest BCUT2D eigenvalue weighted by Crippen LogP contribution is 2.35. The zero-order valence-corrected chi connectivity index (χ0v) is 20.0. The van der Waals surface area contributed by atoms with E-state index in [1.54, 1.807) is 0 Å². The largest absolute Gasteiger partial charge is 0.356 e. The van der Waals surface area contributed by atoms with Crippen LogP contribution in [0.3, 0.4) is 0 Å². The maximum atomic E-state index is 5.64. The minimum atomic E-state index is 0.234. The van der Waals surface area contributed by atoms with Crippen molar-refractivity contribution in [1.82, 2.24) is 30.0 Å². The molecule has 3 aromatic heterocycles. The molecule has 9 nitrogen and oxygen atoms in total. The maximum Gasteiger partial charge on any atom is 0.225 e. The number of nitrogens with zero attached hydrogens (tertiary/aromatic N) is 8. The second-order valence-electron chi connectivity index (χ2n) is 9.33. The Hall–Kier alpha value is -3.07. The van der Waals surface area contributed by atoms with Gasteiger partial charge in [-0.2, -0.15) is 0 Å². The molecule has 1 atom stereocenters. The van der Waals surface area contributed by atoms with E-state index in [1.807, 2.05) is 39.1 Å². The van der Waals surface area contributed by atoms with Crippen molar-refractivity contribution in [3.8, 4) is 11.3 Å². The Morgan fingerprint density at radius 3 is 2.30 bits per heavy atom. The van der Waals surface area contributed by atoms with Crippen LogP contribution >= 0.6 is 0 Å². The van der Waals surface area contributed by atoms with Gasteiger partial charge in [0.1, 0.15) is 0 Å². The number of hydrogen-bond acceptors (Lipinski definition) is 9. The van der Waals surface area contributed by atoms with Crippen LogP contribution in [0.15, 0.2) is 22.9 Å². The quantitative estimate of drug-likeness (QED) is 0.598. The van der Waals surface area contributed by atoms with Gasteiger partial charge < -0.3 is 19.2 Å². The smallest absolute Gasteiger partial charge is 0.225 e. The Bertz CT molecular complexity index is 1100. The molecule has 5 heterocycles. The highest BCUT2D eigenvalue weighted by Gasteiger charge is 2.29. The van der Waals surface area contributed by atoms with E-state index in [0.29, 0.717) is 0 Å². The summed E-state index contributed by atoms with van der Waals surface area (Å²) in [4.78, 5) is 26.2. The van der Waals surface area contributed by atoms with E-state index in [0.717, 1.165) is 98.1 Å². The van der Waals surface area contributed by atoms with E-state index in [4.69, 9.17) is 24.5 Å². The third-order valence-electron chi connectivity index (χ3n) is 6.55. The molecule has 2 saturated heterocycles. The molecule has 33 heavy (non-hydrogen) atoms. The summed E-state index contributed by atoms with van der Waals surface area (Å²) in [6.07, 6.45) is 4.03. The molecular formula is C24H32N8O. The fourth-order valence-electron chi connectivity index (χ4n) is 4.77. The molecule has 0 bridgehead atoms. The molecule has 0 saturated carbocycles. The van der Waals surface area contributed by atoms with Crippen molar-refractivity contribution in [2.45, 2.75) is 39.5 Å². The number of aromatic nitrogens is 5. The van der Waals surface area contributed by atoms with Crippen LogP contribution < -0.4 is 9.80 Å². The summed E-state index contributed by atoms with van der Waals surface area (Å²) in [6, 6.07) is 3.98. The summed E-state index contributed by atoms with van der Waals surface area (Å²) in [5.41, 5.74) is 4.81. The molecule has 0 spiro atoms. The van der Waals surface area contributed by atoms with Gasteiger partial charge in [-0.3, -0.25) is 0 Å². The van der Waals surface area contributed by atoms with Gasteiger partial charge in [-0.15, -0.1) is 0 Å². The lowest BCUT2D eigenvalue weighted by Gasteiger charge is -2.35. The Morgan fingerprint density at radius 2 is 1.61 bits per heavy atom. The van der Waals surface area contributed by atoms with Crippen molar-refractivity contribution >= 4 is 11.9 Å². The van der Waals surface area contributed by atoms with Gasteiger partial charge in [0.2, 0.25) is 11.9 Å². The molecule has 9 heteroatoms. The predicted molar refractivity (Wildman–Crippen MR) is 128 cm³/mol. The van der Waals surface area contributed by atoms with Gasteiger partial charge in [0.05, 0.1) is 17.0 Å². The molecule has 0 aromatic carbocycles. The Morgan fingerprint density at radius 1 is 0.848 bits per heavy atom. The topological polar surface area (TPSA) is 87.3 Å². The fourth-order valence-corrected chi connectivity index (χ4v) is 4.77. The van der Waals surface area contributed by atoms with Gasteiger partial charge in [0.15, 0.2) is 5.76 Å². The van der Waals surface area contributed by atoms with Crippen LogP contribution in [0.4, 0.5) is 11.9 Å². The summed E-state index contributed by atoms with van der Waals surface area (Å²) in [5, 5.41) is 4.10. The van der Waals surface area contributed by atoms with E-state index in [-0.39, 0.29) is 5.92 Å². The first-order valence-electron chi connectivity index (χ1n) is 11.8. The molecular weight excluding hydrogens is 416 g/mol. The average Bonchev–Trinajstić information content (AvgIpc) is 3.25. The van der Waals surface area contributed by atoms with E-state index < -0.39 is 0 Å². The molecule has 0 aliphatic carbocycles. The van der Waals surface area contributed by atoms with E-state index in [9.17, 15) is 0 Å². The van der Waals surface area contributed by atoms with Crippen LogP contribution in [-0.4, -0.2) is 76.3 Å². The summed E-state index contributed by atoms with van der Waals surface area (Å²) < 4.78 is 5.64. The molecule has 2 fully saturated rings. The molecule has 5 rings (SSSR count). The Labute approximate surface area is 194 Å². The lowest BCUT2D eigenvalue weighted by atomic mass is 9.91. The molecule has 1 unspecified atom stereocenters. The minimum absolute atomic E-state index is 0.234. The zero-order chi connectivity index (χ0) is 22.9. The normalized spacial score (nSPS) is 19.8. The van der Waals surface area contributed by atoms with Gasteiger partial charge in [0.25, 0.3) is 0 Å². The van der Waals surface area contributed by atoms with Crippen LogP contribution in [0.5, 0.6) is 0 Å². The number of likely N-dealkylation sites (N-methyl/N-ethyl adjacent to an activating group) is 1. The van der Waals surface area contributed by atoms with Crippen LogP contribution in [-0.2, 0) is 0 Å². The summed E-state index contributed by atoms with van der Waals surface area (Å²) in [7, 11) is 2.16. The predicted octanol–water partition coefficient (Wildman–Crippen LogP) is 2.98. The second kappa shape index (κ2) is 9.05. The highest BCUT2D eigenvalue weighted by atomic mass is 16.5. The molecule has 2 aliphatic heterocycles. The third kappa shape index (κ3) is 4.68. The first-order valence-corrected chi connectivity index (χ1v) is 11.8. The monoisotopic (exact) mass is 448 g/mol. The maximum absolute atomic E-state index is 5.64. The van der Waals surface area contributed by atoms with Crippen LogP contribution in [0.25, 0.3) is 11.3 Å². The lowest BCUT2D eigenvalue weighted by molar-refractivity contribution is 0.311. The Kier molecular flexibility index (Phi) is 5.97. The lowest BCUT2D eigenvalue weighted by Crippen LogP contribution is -2.45. The molecule has 3 aromatic rings. The number of hydrogen-bond donors (Lipinski definition) is 0. The SMILES string of the molecule is Cc1cc(-c2cnc(N3CCN(C)CC3)nc2C2CCCN(c3nc(C)cc(C)n3)C2)on1. The molecule has 0 radical (unpaired) electrons. The molecule has 0 amide bonds. The van der Waals surface area contributed by atoms with Gasteiger partial charge in [-0.1, -0.05) is 5.16 Å². The third-order valence-corrected chi connectivity index (χ3v) is 6.55. The second-order valence-corrected chi connectivity index (χ2v) is 9.33. The number of aryl methyl sites for hydroxylation is 3. The van der Waals surface area contributed by atoms with Crippen LogP contribution in [0.1, 0.15) is 41.5 Å². The molecule has 174 valence electrons. The van der Waals surface area contributed by atoms with Gasteiger partial charge in [-0.05, 0) is 46.7 Å². The first kappa shape index (κ1) is 21.8. The summed E-state index contributed by atoms with van der Waals surface area (Å²) in [5.74, 6) is 2.57. The van der Waals surface area contributed by atoms with Gasteiger partial charge >= 0.3 is 0 Å². The Balaban J connectivity index is 1.49. The zero-order valence-electron chi connectivity index (χ0n) is 20.0.